The van der Waals surface area contributed by atoms with Gasteiger partial charge in [0.05, 0.1) is 6.61 Å². The molecule has 0 heterocycles. The van der Waals surface area contributed by atoms with Gasteiger partial charge in [-0.25, -0.2) is 4.39 Å². The second-order valence-electron chi connectivity index (χ2n) is 4.88. The van der Waals surface area contributed by atoms with Crippen molar-refractivity contribution < 1.29 is 27.0 Å². The van der Waals surface area contributed by atoms with Gasteiger partial charge >= 0.3 is 6.36 Å². The van der Waals surface area contributed by atoms with Crippen molar-refractivity contribution in [2.45, 2.75) is 38.6 Å². The molecular formula is C14H19F4NO2. The molecule has 1 aromatic rings. The summed E-state index contributed by atoms with van der Waals surface area (Å²) < 4.78 is 58.8. The normalized spacial score (nSPS) is 13.3. The van der Waals surface area contributed by atoms with Gasteiger partial charge in [0.2, 0.25) is 0 Å². The molecule has 0 saturated carbocycles. The van der Waals surface area contributed by atoms with E-state index < -0.39 is 17.9 Å². The summed E-state index contributed by atoms with van der Waals surface area (Å²) in [4.78, 5) is 0. The van der Waals surface area contributed by atoms with Gasteiger partial charge in [-0.1, -0.05) is 6.07 Å². The summed E-state index contributed by atoms with van der Waals surface area (Å²) in [5.74, 6) is -1.79. The van der Waals surface area contributed by atoms with Crippen LogP contribution in [0.25, 0.3) is 0 Å². The van der Waals surface area contributed by atoms with Gasteiger partial charge < -0.3 is 15.2 Å². The van der Waals surface area contributed by atoms with Gasteiger partial charge in [0.1, 0.15) is 0 Å². The molecule has 0 bridgehead atoms. The third-order valence-corrected chi connectivity index (χ3v) is 2.93. The Balaban J connectivity index is 2.71. The summed E-state index contributed by atoms with van der Waals surface area (Å²) in [7, 11) is 1.55. The van der Waals surface area contributed by atoms with E-state index in [0.717, 1.165) is 6.07 Å². The lowest BCUT2D eigenvalue weighted by atomic mass is 10.0. The molecule has 0 radical (unpaired) electrons. The van der Waals surface area contributed by atoms with Crippen LogP contribution in [-0.4, -0.2) is 26.1 Å². The van der Waals surface area contributed by atoms with E-state index in [-0.39, 0.29) is 11.6 Å². The zero-order valence-corrected chi connectivity index (χ0v) is 12.0. The van der Waals surface area contributed by atoms with Crippen molar-refractivity contribution in [3.05, 3.63) is 29.1 Å². The maximum atomic E-state index is 13.6. The highest BCUT2D eigenvalue weighted by molar-refractivity contribution is 5.36. The largest absolute Gasteiger partial charge is 0.573 e. The molecule has 1 unspecified atom stereocenters. The van der Waals surface area contributed by atoms with Gasteiger partial charge in [-0.2, -0.15) is 0 Å². The highest BCUT2D eigenvalue weighted by atomic mass is 19.4. The number of alkyl halides is 3. The van der Waals surface area contributed by atoms with Crippen molar-refractivity contribution in [2.75, 3.05) is 13.7 Å². The Morgan fingerprint density at radius 1 is 1.29 bits per heavy atom. The van der Waals surface area contributed by atoms with Crippen LogP contribution < -0.4 is 10.5 Å². The molecule has 1 aromatic carbocycles. The lowest BCUT2D eigenvalue weighted by Crippen LogP contribution is -2.25. The number of ether oxygens (including phenoxy) is 2. The van der Waals surface area contributed by atoms with E-state index in [9.17, 15) is 17.6 Å². The van der Waals surface area contributed by atoms with Crippen LogP contribution in [0.3, 0.4) is 0 Å². The summed E-state index contributed by atoms with van der Waals surface area (Å²) >= 11 is 0. The number of aryl methyl sites for hydroxylation is 2. The van der Waals surface area contributed by atoms with Crippen LogP contribution in [-0.2, 0) is 11.2 Å². The van der Waals surface area contributed by atoms with Gasteiger partial charge in [0.25, 0.3) is 0 Å². The molecule has 0 spiro atoms. The lowest BCUT2D eigenvalue weighted by molar-refractivity contribution is -0.275. The smallest absolute Gasteiger partial charge is 0.403 e. The Kier molecular flexibility index (Phi) is 6.42. The van der Waals surface area contributed by atoms with Crippen LogP contribution >= 0.6 is 0 Å². The lowest BCUT2D eigenvalue weighted by Gasteiger charge is -2.14. The Labute approximate surface area is 121 Å². The average molecular weight is 309 g/mol. The first-order valence-corrected chi connectivity index (χ1v) is 6.52. The summed E-state index contributed by atoms with van der Waals surface area (Å²) in [6.07, 6.45) is -3.08. The van der Waals surface area contributed by atoms with E-state index >= 15 is 0 Å². The van der Waals surface area contributed by atoms with Gasteiger partial charge in [0.15, 0.2) is 11.6 Å². The fourth-order valence-electron chi connectivity index (χ4n) is 2.02. The summed E-state index contributed by atoms with van der Waals surface area (Å²) in [6, 6.07) is 2.47. The van der Waals surface area contributed by atoms with Crippen LogP contribution in [0.15, 0.2) is 12.1 Å². The first kappa shape index (κ1) is 17.7. The quantitative estimate of drug-likeness (QED) is 0.786. The van der Waals surface area contributed by atoms with Crippen molar-refractivity contribution in [2.24, 2.45) is 5.73 Å². The molecule has 1 atom stereocenters. The molecule has 1 rings (SSSR count). The zero-order chi connectivity index (χ0) is 16.0. The standard InChI is InChI=1S/C14H19F4NO2/c1-9-6-10(4-3-5-11(19)8-20-2)7-12(13(9)15)21-14(16,17)18/h6-7,11H,3-5,8,19H2,1-2H3. The highest BCUT2D eigenvalue weighted by Crippen LogP contribution is 2.29. The molecule has 0 aliphatic heterocycles. The topological polar surface area (TPSA) is 44.5 Å². The highest BCUT2D eigenvalue weighted by Gasteiger charge is 2.32. The fourth-order valence-corrected chi connectivity index (χ4v) is 2.02. The van der Waals surface area contributed by atoms with E-state index in [1.54, 1.807) is 7.11 Å². The Hall–Kier alpha value is -1.34. The maximum absolute atomic E-state index is 13.6. The number of nitrogens with two attached hydrogens (primary N) is 1. The molecule has 0 aliphatic carbocycles. The van der Waals surface area contributed by atoms with Gasteiger partial charge in [-0.15, -0.1) is 13.2 Å². The van der Waals surface area contributed by atoms with Crippen molar-refractivity contribution in [3.63, 3.8) is 0 Å². The van der Waals surface area contributed by atoms with E-state index in [0.29, 0.717) is 31.4 Å². The minimum absolute atomic E-state index is 0.118. The minimum Gasteiger partial charge on any atom is -0.403 e. The maximum Gasteiger partial charge on any atom is 0.573 e. The molecule has 2 N–H and O–H groups in total. The molecule has 21 heavy (non-hydrogen) atoms. The molecular weight excluding hydrogens is 290 g/mol. The van der Waals surface area contributed by atoms with Gasteiger partial charge in [0, 0.05) is 13.2 Å². The number of methoxy groups -OCH3 is 1. The zero-order valence-electron chi connectivity index (χ0n) is 12.0. The number of hydrogen-bond donors (Lipinski definition) is 1. The first-order valence-electron chi connectivity index (χ1n) is 6.52. The summed E-state index contributed by atoms with van der Waals surface area (Å²) in [5, 5.41) is 0. The Morgan fingerprint density at radius 3 is 2.52 bits per heavy atom. The number of benzene rings is 1. The SMILES string of the molecule is COCC(N)CCCc1cc(C)c(F)c(OC(F)(F)F)c1. The van der Waals surface area contributed by atoms with Gasteiger partial charge in [-0.3, -0.25) is 0 Å². The summed E-state index contributed by atoms with van der Waals surface area (Å²) in [6.45, 7) is 1.82. The molecule has 0 amide bonds. The van der Waals surface area contributed by atoms with Crippen LogP contribution in [0.5, 0.6) is 5.75 Å². The predicted molar refractivity (Wildman–Crippen MR) is 70.6 cm³/mol. The van der Waals surface area contributed by atoms with Crippen molar-refractivity contribution in [1.29, 1.82) is 0 Å². The number of halogens is 4. The molecule has 3 nitrogen and oxygen atoms in total. The third kappa shape index (κ3) is 6.31. The number of rotatable bonds is 7. The first-order chi connectivity index (χ1) is 9.73. The van der Waals surface area contributed by atoms with Crippen molar-refractivity contribution in [1.82, 2.24) is 0 Å². The van der Waals surface area contributed by atoms with Crippen molar-refractivity contribution >= 4 is 0 Å². The second-order valence-corrected chi connectivity index (χ2v) is 4.88. The Morgan fingerprint density at radius 2 is 1.95 bits per heavy atom. The van der Waals surface area contributed by atoms with Crippen LogP contribution in [0.1, 0.15) is 24.0 Å². The minimum atomic E-state index is -4.91. The van der Waals surface area contributed by atoms with Gasteiger partial charge in [-0.05, 0) is 43.4 Å². The van der Waals surface area contributed by atoms with E-state index in [1.807, 2.05) is 0 Å². The second kappa shape index (κ2) is 7.61. The van der Waals surface area contributed by atoms with Crippen molar-refractivity contribution in [3.8, 4) is 5.75 Å². The number of hydrogen-bond acceptors (Lipinski definition) is 3. The predicted octanol–water partition coefficient (Wildman–Crippen LogP) is 3.33. The molecule has 0 aromatic heterocycles. The molecule has 120 valence electrons. The third-order valence-electron chi connectivity index (χ3n) is 2.93. The van der Waals surface area contributed by atoms with E-state index in [2.05, 4.69) is 4.74 Å². The fraction of sp³-hybridized carbons (Fsp3) is 0.571. The Bertz CT molecular complexity index is 463. The molecule has 0 aliphatic rings. The van der Waals surface area contributed by atoms with Crippen LogP contribution in [0, 0.1) is 12.7 Å². The monoisotopic (exact) mass is 309 g/mol. The molecule has 0 fully saturated rings. The van der Waals surface area contributed by atoms with Crippen LogP contribution in [0.2, 0.25) is 0 Å². The molecule has 0 saturated heterocycles. The van der Waals surface area contributed by atoms with Crippen LogP contribution in [0.4, 0.5) is 17.6 Å². The van der Waals surface area contributed by atoms with E-state index in [4.69, 9.17) is 10.5 Å². The molecule has 7 heteroatoms. The summed E-state index contributed by atoms with van der Waals surface area (Å²) in [5.41, 5.74) is 6.46. The van der Waals surface area contributed by atoms with E-state index in [1.165, 1.54) is 13.0 Å². The average Bonchev–Trinajstić information content (AvgIpc) is 2.34.